The molecule has 1 amide bonds. The first-order valence-electron chi connectivity index (χ1n) is 9.47. The van der Waals surface area contributed by atoms with Crippen molar-refractivity contribution in [2.45, 2.75) is 26.8 Å². The predicted octanol–water partition coefficient (Wildman–Crippen LogP) is 2.43. The molecule has 0 atom stereocenters. The standard InChI is InChI=1S/C21H27N3O4/c1-15-19(16(2)25)14-20(17-4-6-18(27-3)7-5-17)24(15)9-8-21(26)22-23-10-12-28-13-11-23/h4-7,14H,8-13H2,1-3H3,(H,22,26). The van der Waals surface area contributed by atoms with E-state index in [2.05, 4.69) is 5.43 Å². The Kier molecular flexibility index (Phi) is 6.49. The molecule has 0 spiro atoms. The van der Waals surface area contributed by atoms with Gasteiger partial charge in [-0.1, -0.05) is 0 Å². The van der Waals surface area contributed by atoms with Gasteiger partial charge in [-0.15, -0.1) is 0 Å². The second kappa shape index (κ2) is 9.03. The summed E-state index contributed by atoms with van der Waals surface area (Å²) in [5.74, 6) is 0.749. The van der Waals surface area contributed by atoms with Crippen LogP contribution in [0.5, 0.6) is 5.75 Å². The first-order chi connectivity index (χ1) is 13.5. The molecule has 7 nitrogen and oxygen atoms in total. The number of rotatable bonds is 7. The summed E-state index contributed by atoms with van der Waals surface area (Å²) in [5.41, 5.74) is 6.38. The predicted molar refractivity (Wildman–Crippen MR) is 106 cm³/mol. The summed E-state index contributed by atoms with van der Waals surface area (Å²) in [6.45, 7) is 6.62. The van der Waals surface area contributed by atoms with E-state index in [1.54, 1.807) is 14.0 Å². The van der Waals surface area contributed by atoms with Gasteiger partial charge in [0.15, 0.2) is 5.78 Å². The van der Waals surface area contributed by atoms with Gasteiger partial charge in [-0.05, 0) is 49.7 Å². The minimum absolute atomic E-state index is 0.0174. The Morgan fingerprint density at radius 3 is 2.46 bits per heavy atom. The number of ketones is 1. The second-order valence-corrected chi connectivity index (χ2v) is 6.85. The minimum atomic E-state index is -0.0416. The average molecular weight is 385 g/mol. The summed E-state index contributed by atoms with van der Waals surface area (Å²) in [5, 5.41) is 1.89. The number of amides is 1. The van der Waals surface area contributed by atoms with Crippen molar-refractivity contribution in [3.63, 3.8) is 0 Å². The number of Topliss-reactive ketones (excluding diaryl/α,β-unsaturated/α-hetero) is 1. The molecule has 1 aliphatic rings. The number of hydrazine groups is 1. The molecule has 0 aliphatic carbocycles. The molecular weight excluding hydrogens is 358 g/mol. The van der Waals surface area contributed by atoms with Gasteiger partial charge in [0.25, 0.3) is 0 Å². The summed E-state index contributed by atoms with van der Waals surface area (Å²) in [4.78, 5) is 24.4. The maximum atomic E-state index is 12.4. The fourth-order valence-electron chi connectivity index (χ4n) is 3.41. The SMILES string of the molecule is COc1ccc(-c2cc(C(C)=O)c(C)n2CCC(=O)NN2CCOCC2)cc1. The lowest BCUT2D eigenvalue weighted by atomic mass is 10.1. The number of benzene rings is 1. The van der Waals surface area contributed by atoms with Crippen molar-refractivity contribution in [2.24, 2.45) is 0 Å². The van der Waals surface area contributed by atoms with Crippen molar-refractivity contribution in [3.05, 3.63) is 41.6 Å². The zero-order chi connectivity index (χ0) is 20.1. The Morgan fingerprint density at radius 2 is 1.86 bits per heavy atom. The Balaban J connectivity index is 1.78. The molecule has 2 heterocycles. The van der Waals surface area contributed by atoms with Gasteiger partial charge in [0.2, 0.25) is 5.91 Å². The molecule has 0 unspecified atom stereocenters. The lowest BCUT2D eigenvalue weighted by Gasteiger charge is -2.27. The van der Waals surface area contributed by atoms with Crippen molar-refractivity contribution < 1.29 is 19.1 Å². The molecular formula is C21H27N3O4. The van der Waals surface area contributed by atoms with Crippen LogP contribution in [0.2, 0.25) is 0 Å². The molecule has 1 aliphatic heterocycles. The molecule has 1 saturated heterocycles. The Bertz CT molecular complexity index is 836. The highest BCUT2D eigenvalue weighted by molar-refractivity contribution is 5.96. The molecule has 3 rings (SSSR count). The van der Waals surface area contributed by atoms with Crippen LogP contribution in [-0.2, 0) is 16.1 Å². The molecule has 28 heavy (non-hydrogen) atoms. The van der Waals surface area contributed by atoms with Gasteiger partial charge in [-0.3, -0.25) is 15.0 Å². The number of aromatic nitrogens is 1. The number of nitrogens with zero attached hydrogens (tertiary/aromatic N) is 2. The van der Waals surface area contributed by atoms with Gasteiger partial charge >= 0.3 is 0 Å². The Labute approximate surface area is 165 Å². The van der Waals surface area contributed by atoms with E-state index in [1.165, 1.54) is 0 Å². The zero-order valence-corrected chi connectivity index (χ0v) is 16.7. The van der Waals surface area contributed by atoms with Crippen LogP contribution < -0.4 is 10.2 Å². The molecule has 2 aromatic rings. The molecule has 7 heteroatoms. The van der Waals surface area contributed by atoms with Crippen molar-refractivity contribution in [1.29, 1.82) is 0 Å². The minimum Gasteiger partial charge on any atom is -0.497 e. The topological polar surface area (TPSA) is 72.8 Å². The summed E-state index contributed by atoms with van der Waals surface area (Å²) in [7, 11) is 1.63. The molecule has 150 valence electrons. The van der Waals surface area contributed by atoms with Crippen LogP contribution in [0.4, 0.5) is 0 Å². The highest BCUT2D eigenvalue weighted by Crippen LogP contribution is 2.28. The highest BCUT2D eigenvalue weighted by Gasteiger charge is 2.18. The molecule has 1 N–H and O–H groups in total. The Morgan fingerprint density at radius 1 is 1.18 bits per heavy atom. The number of carbonyl (C=O) groups excluding carboxylic acids is 2. The van der Waals surface area contributed by atoms with E-state index in [4.69, 9.17) is 9.47 Å². The normalized spacial score (nSPS) is 14.7. The number of carbonyl (C=O) groups is 2. The van der Waals surface area contributed by atoms with Gasteiger partial charge in [0.05, 0.1) is 20.3 Å². The zero-order valence-electron chi connectivity index (χ0n) is 16.7. The third-order valence-electron chi connectivity index (χ3n) is 4.99. The van der Waals surface area contributed by atoms with E-state index in [-0.39, 0.29) is 11.7 Å². The van der Waals surface area contributed by atoms with Gasteiger partial charge in [-0.2, -0.15) is 0 Å². The number of hydrogen-bond acceptors (Lipinski definition) is 5. The van der Waals surface area contributed by atoms with Crippen LogP contribution in [0.25, 0.3) is 11.3 Å². The number of nitrogens with one attached hydrogen (secondary N) is 1. The van der Waals surface area contributed by atoms with Crippen LogP contribution in [0.1, 0.15) is 29.4 Å². The van der Waals surface area contributed by atoms with Gasteiger partial charge < -0.3 is 14.0 Å². The van der Waals surface area contributed by atoms with E-state index in [1.807, 2.05) is 46.8 Å². The lowest BCUT2D eigenvalue weighted by molar-refractivity contribution is -0.128. The van der Waals surface area contributed by atoms with Crippen molar-refractivity contribution in [2.75, 3.05) is 33.4 Å². The van der Waals surface area contributed by atoms with E-state index >= 15 is 0 Å². The third-order valence-corrected chi connectivity index (χ3v) is 4.99. The van der Waals surface area contributed by atoms with Crippen molar-refractivity contribution in [1.82, 2.24) is 15.0 Å². The smallest absolute Gasteiger partial charge is 0.236 e. The maximum Gasteiger partial charge on any atom is 0.236 e. The van der Waals surface area contributed by atoms with Crippen molar-refractivity contribution in [3.8, 4) is 17.0 Å². The first kappa shape index (κ1) is 20.1. The van der Waals surface area contributed by atoms with E-state index < -0.39 is 0 Å². The molecule has 0 saturated carbocycles. The van der Waals surface area contributed by atoms with E-state index in [0.717, 1.165) is 22.7 Å². The number of ether oxygens (including phenoxy) is 2. The number of morpholine rings is 1. The second-order valence-electron chi connectivity index (χ2n) is 6.85. The molecule has 1 aromatic carbocycles. The molecule has 1 fully saturated rings. The monoisotopic (exact) mass is 385 g/mol. The van der Waals surface area contributed by atoms with Crippen LogP contribution in [0, 0.1) is 6.92 Å². The van der Waals surface area contributed by atoms with Crippen LogP contribution in [-0.4, -0.2) is 54.7 Å². The van der Waals surface area contributed by atoms with Crippen LogP contribution in [0.3, 0.4) is 0 Å². The average Bonchev–Trinajstić information content (AvgIpc) is 3.04. The number of hydrogen-bond donors (Lipinski definition) is 1. The number of methoxy groups -OCH3 is 1. The highest BCUT2D eigenvalue weighted by atomic mass is 16.5. The fourth-order valence-corrected chi connectivity index (χ4v) is 3.41. The summed E-state index contributed by atoms with van der Waals surface area (Å²) in [6.07, 6.45) is 0.327. The van der Waals surface area contributed by atoms with Gasteiger partial charge in [-0.25, -0.2) is 5.01 Å². The molecule has 1 aromatic heterocycles. The first-order valence-corrected chi connectivity index (χ1v) is 9.47. The van der Waals surface area contributed by atoms with E-state index in [0.29, 0.717) is 44.8 Å². The third kappa shape index (κ3) is 4.61. The van der Waals surface area contributed by atoms with Crippen LogP contribution in [0.15, 0.2) is 30.3 Å². The van der Waals surface area contributed by atoms with Gasteiger partial charge in [0, 0.05) is 43.0 Å². The summed E-state index contributed by atoms with van der Waals surface area (Å²) < 4.78 is 12.6. The summed E-state index contributed by atoms with van der Waals surface area (Å²) in [6, 6.07) is 9.60. The molecule has 0 bridgehead atoms. The Hall–Kier alpha value is -2.64. The van der Waals surface area contributed by atoms with E-state index in [9.17, 15) is 9.59 Å². The maximum absolute atomic E-state index is 12.4. The van der Waals surface area contributed by atoms with Gasteiger partial charge in [0.1, 0.15) is 5.75 Å². The van der Waals surface area contributed by atoms with Crippen molar-refractivity contribution >= 4 is 11.7 Å². The summed E-state index contributed by atoms with van der Waals surface area (Å²) >= 11 is 0. The largest absolute Gasteiger partial charge is 0.497 e. The van der Waals surface area contributed by atoms with Crippen LogP contribution >= 0.6 is 0 Å². The molecule has 0 radical (unpaired) electrons. The lowest BCUT2D eigenvalue weighted by Crippen LogP contribution is -2.48. The quantitative estimate of drug-likeness (QED) is 0.741. The fraction of sp³-hybridized carbons (Fsp3) is 0.429.